The fraction of sp³-hybridized carbons (Fsp3) is 0.350. The Bertz CT molecular complexity index is 1090. The van der Waals surface area contributed by atoms with Gasteiger partial charge in [0.25, 0.3) is 5.56 Å². The van der Waals surface area contributed by atoms with E-state index in [0.717, 1.165) is 11.3 Å². The summed E-state index contributed by atoms with van der Waals surface area (Å²) in [6, 6.07) is 8.90. The highest BCUT2D eigenvalue weighted by atomic mass is 16.5. The second kappa shape index (κ2) is 7.86. The smallest absolute Gasteiger partial charge is 0.330 e. The molecule has 1 aromatic carbocycles. The van der Waals surface area contributed by atoms with Crippen LogP contribution in [0.4, 0.5) is 17.6 Å². The number of hydrogen-bond acceptors (Lipinski definition) is 8. The monoisotopic (exact) mass is 395 g/mol. The zero-order valence-corrected chi connectivity index (χ0v) is 17.4. The van der Waals surface area contributed by atoms with E-state index in [2.05, 4.69) is 37.6 Å². The summed E-state index contributed by atoms with van der Waals surface area (Å²) in [5, 5.41) is 10.5. The van der Waals surface area contributed by atoms with Crippen LogP contribution in [0, 0.1) is 13.8 Å². The molecule has 3 rings (SSSR count). The Morgan fingerprint density at radius 1 is 0.966 bits per heavy atom. The molecule has 3 aromatic rings. The van der Waals surface area contributed by atoms with Crippen LogP contribution in [0.2, 0.25) is 0 Å². The van der Waals surface area contributed by atoms with Crippen LogP contribution in [-0.4, -0.2) is 30.3 Å². The lowest BCUT2D eigenvalue weighted by Gasteiger charge is -2.21. The molecule has 9 nitrogen and oxygen atoms in total. The van der Waals surface area contributed by atoms with Crippen LogP contribution in [0.25, 0.3) is 0 Å². The predicted octanol–water partition coefficient (Wildman–Crippen LogP) is 3.33. The number of ether oxygens (including phenoxy) is 1. The van der Waals surface area contributed by atoms with Crippen molar-refractivity contribution in [3.63, 3.8) is 0 Å². The number of nitrogens with one attached hydrogen (secondary N) is 2. The Kier molecular flexibility index (Phi) is 5.49. The van der Waals surface area contributed by atoms with Gasteiger partial charge in [0.1, 0.15) is 0 Å². The van der Waals surface area contributed by atoms with Gasteiger partial charge >= 0.3 is 6.01 Å². The fourth-order valence-electron chi connectivity index (χ4n) is 2.43. The number of hydrogen-bond donors (Lipinski definition) is 2. The predicted molar refractivity (Wildman–Crippen MR) is 112 cm³/mol. The SMILES string of the molecule is Cc1ccc(Nc2nc(NC(C)(C)C)nc(Oc3ccc(=O)n(C)n3)n2)cc1C. The summed E-state index contributed by atoms with van der Waals surface area (Å²) in [5.74, 6) is 0.894. The molecule has 0 fully saturated rings. The zero-order chi connectivity index (χ0) is 21.2. The van der Waals surface area contributed by atoms with E-state index in [1.54, 1.807) is 7.05 Å². The van der Waals surface area contributed by atoms with Crippen LogP contribution in [0.5, 0.6) is 11.9 Å². The average molecular weight is 395 g/mol. The Balaban J connectivity index is 1.94. The topological polar surface area (TPSA) is 107 Å². The molecule has 0 amide bonds. The normalized spacial score (nSPS) is 11.2. The van der Waals surface area contributed by atoms with Gasteiger partial charge in [-0.1, -0.05) is 6.07 Å². The average Bonchev–Trinajstić information content (AvgIpc) is 2.60. The molecular formula is C20H25N7O2. The molecule has 2 N–H and O–H groups in total. The summed E-state index contributed by atoms with van der Waals surface area (Å²) < 4.78 is 6.86. The van der Waals surface area contributed by atoms with E-state index in [9.17, 15) is 4.79 Å². The van der Waals surface area contributed by atoms with Crippen molar-refractivity contribution in [2.45, 2.75) is 40.2 Å². The first-order chi connectivity index (χ1) is 13.6. The van der Waals surface area contributed by atoms with Crippen molar-refractivity contribution in [2.24, 2.45) is 7.05 Å². The van der Waals surface area contributed by atoms with E-state index in [-0.39, 0.29) is 23.0 Å². The van der Waals surface area contributed by atoms with Crippen molar-refractivity contribution in [3.8, 4) is 11.9 Å². The molecule has 9 heteroatoms. The highest BCUT2D eigenvalue weighted by Gasteiger charge is 2.16. The maximum atomic E-state index is 11.5. The van der Waals surface area contributed by atoms with Crippen molar-refractivity contribution in [3.05, 3.63) is 51.8 Å². The third-order valence-corrected chi connectivity index (χ3v) is 4.00. The molecule has 0 unspecified atom stereocenters. The van der Waals surface area contributed by atoms with Crippen molar-refractivity contribution < 1.29 is 4.74 Å². The standard InChI is InChI=1S/C20H25N7O2/c1-12-7-8-14(11-13(12)2)21-17-22-18(25-20(3,4)5)24-19(23-17)29-15-9-10-16(28)27(6)26-15/h7-11H,1-6H3,(H2,21,22,23,24,25). The summed E-state index contributed by atoms with van der Waals surface area (Å²) in [4.78, 5) is 24.6. The lowest BCUT2D eigenvalue weighted by atomic mass is 10.1. The summed E-state index contributed by atoms with van der Waals surface area (Å²) in [6.45, 7) is 10.1. The fourth-order valence-corrected chi connectivity index (χ4v) is 2.43. The first-order valence-corrected chi connectivity index (χ1v) is 9.20. The molecule has 0 spiro atoms. The Morgan fingerprint density at radius 3 is 2.34 bits per heavy atom. The van der Waals surface area contributed by atoms with Gasteiger partial charge in [-0.2, -0.15) is 15.0 Å². The number of nitrogens with zero attached hydrogens (tertiary/aromatic N) is 5. The van der Waals surface area contributed by atoms with Crippen LogP contribution in [0.3, 0.4) is 0 Å². The first kappa shape index (κ1) is 20.2. The van der Waals surface area contributed by atoms with Gasteiger partial charge in [0, 0.05) is 30.4 Å². The summed E-state index contributed by atoms with van der Waals surface area (Å²) >= 11 is 0. The molecule has 0 aliphatic heterocycles. The minimum absolute atomic E-state index is 0.0595. The van der Waals surface area contributed by atoms with E-state index in [1.165, 1.54) is 22.4 Å². The van der Waals surface area contributed by atoms with Gasteiger partial charge in [-0.25, -0.2) is 4.68 Å². The third-order valence-electron chi connectivity index (χ3n) is 4.00. The van der Waals surface area contributed by atoms with Crippen LogP contribution >= 0.6 is 0 Å². The van der Waals surface area contributed by atoms with Gasteiger partial charge in [-0.05, 0) is 57.9 Å². The van der Waals surface area contributed by atoms with Crippen LogP contribution in [0.15, 0.2) is 35.1 Å². The summed E-state index contributed by atoms with van der Waals surface area (Å²) in [7, 11) is 1.54. The molecule has 2 aromatic heterocycles. The number of anilines is 3. The molecule has 0 aliphatic rings. The second-order valence-corrected chi connectivity index (χ2v) is 7.80. The van der Waals surface area contributed by atoms with Gasteiger partial charge in [0.05, 0.1) is 0 Å². The highest BCUT2D eigenvalue weighted by molar-refractivity contribution is 5.56. The number of benzene rings is 1. The van der Waals surface area contributed by atoms with E-state index in [4.69, 9.17) is 4.74 Å². The van der Waals surface area contributed by atoms with Crippen molar-refractivity contribution in [1.82, 2.24) is 24.7 Å². The molecule has 0 saturated heterocycles. The number of aromatic nitrogens is 5. The molecule has 0 atom stereocenters. The molecular weight excluding hydrogens is 370 g/mol. The van der Waals surface area contributed by atoms with Crippen molar-refractivity contribution in [1.29, 1.82) is 0 Å². The molecule has 0 radical (unpaired) electrons. The second-order valence-electron chi connectivity index (χ2n) is 7.80. The van der Waals surface area contributed by atoms with E-state index >= 15 is 0 Å². The number of rotatable bonds is 5. The summed E-state index contributed by atoms with van der Waals surface area (Å²) in [6.07, 6.45) is 0. The molecule has 0 bridgehead atoms. The Morgan fingerprint density at radius 2 is 1.69 bits per heavy atom. The van der Waals surface area contributed by atoms with E-state index < -0.39 is 0 Å². The molecule has 29 heavy (non-hydrogen) atoms. The van der Waals surface area contributed by atoms with Crippen LogP contribution in [0.1, 0.15) is 31.9 Å². The largest absolute Gasteiger partial charge is 0.403 e. The first-order valence-electron chi connectivity index (χ1n) is 9.20. The van der Waals surface area contributed by atoms with Crippen LogP contribution in [-0.2, 0) is 7.05 Å². The van der Waals surface area contributed by atoms with Gasteiger partial charge < -0.3 is 15.4 Å². The Hall–Kier alpha value is -3.49. The summed E-state index contributed by atoms with van der Waals surface area (Å²) in [5.41, 5.74) is 2.71. The van der Waals surface area contributed by atoms with E-state index in [0.29, 0.717) is 11.9 Å². The molecule has 2 heterocycles. The van der Waals surface area contributed by atoms with Gasteiger partial charge in [-0.15, -0.1) is 5.10 Å². The van der Waals surface area contributed by atoms with Crippen molar-refractivity contribution >= 4 is 17.6 Å². The lowest BCUT2D eigenvalue weighted by molar-refractivity contribution is 0.407. The maximum Gasteiger partial charge on any atom is 0.330 e. The maximum absolute atomic E-state index is 11.5. The minimum atomic E-state index is -0.259. The van der Waals surface area contributed by atoms with Gasteiger partial charge in [0.15, 0.2) is 0 Å². The number of aryl methyl sites for hydroxylation is 3. The zero-order valence-electron chi connectivity index (χ0n) is 17.4. The van der Waals surface area contributed by atoms with Crippen LogP contribution < -0.4 is 20.9 Å². The molecule has 152 valence electrons. The van der Waals surface area contributed by atoms with E-state index in [1.807, 2.05) is 45.9 Å². The lowest BCUT2D eigenvalue weighted by Crippen LogP contribution is -2.27. The quantitative estimate of drug-likeness (QED) is 0.677. The third kappa shape index (κ3) is 5.50. The van der Waals surface area contributed by atoms with Gasteiger partial charge in [0.2, 0.25) is 17.8 Å². The van der Waals surface area contributed by atoms with Crippen molar-refractivity contribution in [2.75, 3.05) is 10.6 Å². The molecule has 0 saturated carbocycles. The van der Waals surface area contributed by atoms with Gasteiger partial charge in [-0.3, -0.25) is 4.79 Å². The highest BCUT2D eigenvalue weighted by Crippen LogP contribution is 2.22. The minimum Gasteiger partial charge on any atom is -0.403 e. The molecule has 0 aliphatic carbocycles. The Labute approximate surface area is 169 Å².